The molecule has 1 fully saturated rings. The molecule has 0 aliphatic carbocycles. The summed E-state index contributed by atoms with van der Waals surface area (Å²) in [6.07, 6.45) is 0. The van der Waals surface area contributed by atoms with Crippen LogP contribution in [0.1, 0.15) is 18.1 Å². The van der Waals surface area contributed by atoms with E-state index < -0.39 is 5.60 Å². The van der Waals surface area contributed by atoms with Crippen molar-refractivity contribution in [3.05, 3.63) is 71.8 Å². The Balaban J connectivity index is 1.99. The lowest BCUT2D eigenvalue weighted by Crippen LogP contribution is -2.55. The molecule has 0 spiro atoms. The molecule has 2 aromatic carbocycles. The number of hydrogen-bond acceptors (Lipinski definition) is 3. The van der Waals surface area contributed by atoms with Crippen LogP contribution < -0.4 is 0 Å². The molecule has 0 radical (unpaired) electrons. The van der Waals surface area contributed by atoms with Gasteiger partial charge in [-0.2, -0.15) is 0 Å². The van der Waals surface area contributed by atoms with Crippen LogP contribution in [0.5, 0.6) is 0 Å². The molecule has 23 heavy (non-hydrogen) atoms. The van der Waals surface area contributed by atoms with Gasteiger partial charge in [0, 0.05) is 32.2 Å². The summed E-state index contributed by atoms with van der Waals surface area (Å²) in [6, 6.07) is 20.1. The van der Waals surface area contributed by atoms with E-state index in [4.69, 9.17) is 0 Å². The smallest absolute Gasteiger partial charge is 0.130 e. The van der Waals surface area contributed by atoms with Gasteiger partial charge in [-0.15, -0.1) is 0 Å². The standard InChI is InChI=1S/C20H26N2O/c1-17(22-15-13-21(2)14-16-22)20(23,18-9-5-3-6-10-18)19-11-7-4-8-12-19/h3-12,17,23H,13-16H2,1-2H3/t17-/m0/s1. The molecule has 2 aromatic rings. The van der Waals surface area contributed by atoms with Gasteiger partial charge in [0.25, 0.3) is 0 Å². The number of nitrogens with zero attached hydrogens (tertiary/aromatic N) is 2. The summed E-state index contributed by atoms with van der Waals surface area (Å²) in [7, 11) is 2.16. The Kier molecular flexibility index (Phi) is 4.81. The van der Waals surface area contributed by atoms with Gasteiger partial charge in [-0.05, 0) is 25.1 Å². The van der Waals surface area contributed by atoms with Gasteiger partial charge in [0.2, 0.25) is 0 Å². The Morgan fingerprint density at radius 2 is 1.26 bits per heavy atom. The summed E-state index contributed by atoms with van der Waals surface area (Å²) in [6.45, 7) is 6.21. The second kappa shape index (κ2) is 6.83. The highest BCUT2D eigenvalue weighted by molar-refractivity contribution is 5.38. The predicted molar refractivity (Wildman–Crippen MR) is 94.4 cm³/mol. The van der Waals surface area contributed by atoms with E-state index in [0.717, 1.165) is 37.3 Å². The number of hydrogen-bond donors (Lipinski definition) is 1. The molecule has 1 heterocycles. The zero-order chi connectivity index (χ0) is 16.3. The Bertz CT molecular complexity index is 567. The van der Waals surface area contributed by atoms with Gasteiger partial charge in [-0.25, -0.2) is 0 Å². The Labute approximate surface area is 139 Å². The van der Waals surface area contributed by atoms with Crippen LogP contribution in [-0.4, -0.2) is 54.2 Å². The van der Waals surface area contributed by atoms with E-state index in [9.17, 15) is 5.11 Å². The predicted octanol–water partition coefficient (Wildman–Crippen LogP) is 2.56. The molecule has 1 aliphatic heterocycles. The number of piperazine rings is 1. The lowest BCUT2D eigenvalue weighted by Gasteiger charge is -2.44. The summed E-state index contributed by atoms with van der Waals surface area (Å²) in [5.41, 5.74) is 0.911. The molecule has 3 nitrogen and oxygen atoms in total. The first-order valence-corrected chi connectivity index (χ1v) is 8.38. The normalized spacial score (nSPS) is 18.7. The van der Waals surface area contributed by atoms with Crippen molar-refractivity contribution >= 4 is 0 Å². The molecule has 0 aromatic heterocycles. The van der Waals surface area contributed by atoms with Crippen LogP contribution in [0.3, 0.4) is 0 Å². The number of aliphatic hydroxyl groups is 1. The van der Waals surface area contributed by atoms with E-state index in [1.54, 1.807) is 0 Å². The lowest BCUT2D eigenvalue weighted by atomic mass is 9.80. The first kappa shape index (κ1) is 16.2. The summed E-state index contributed by atoms with van der Waals surface area (Å²) in [5.74, 6) is 0. The fourth-order valence-electron chi connectivity index (χ4n) is 3.51. The fraction of sp³-hybridized carbons (Fsp3) is 0.400. The maximum atomic E-state index is 11.8. The van der Waals surface area contributed by atoms with E-state index in [1.165, 1.54) is 0 Å². The Morgan fingerprint density at radius 3 is 1.70 bits per heavy atom. The third-order valence-electron chi connectivity index (χ3n) is 5.12. The van der Waals surface area contributed by atoms with Gasteiger partial charge >= 0.3 is 0 Å². The van der Waals surface area contributed by atoms with Gasteiger partial charge in [0.15, 0.2) is 0 Å². The van der Waals surface area contributed by atoms with Crippen LogP contribution in [0.2, 0.25) is 0 Å². The quantitative estimate of drug-likeness (QED) is 0.940. The monoisotopic (exact) mass is 310 g/mol. The highest BCUT2D eigenvalue weighted by Gasteiger charge is 2.41. The van der Waals surface area contributed by atoms with Crippen LogP contribution in [0, 0.1) is 0 Å². The van der Waals surface area contributed by atoms with Gasteiger partial charge < -0.3 is 10.0 Å². The average Bonchev–Trinajstić information content (AvgIpc) is 2.62. The molecule has 1 saturated heterocycles. The molecule has 1 N–H and O–H groups in total. The van der Waals surface area contributed by atoms with Crippen molar-refractivity contribution in [2.45, 2.75) is 18.6 Å². The SMILES string of the molecule is C[C@H](N1CCN(C)CC1)C(O)(c1ccccc1)c1ccccc1. The third kappa shape index (κ3) is 3.18. The molecule has 0 saturated carbocycles. The number of rotatable bonds is 4. The molecular formula is C20H26N2O. The fourth-order valence-corrected chi connectivity index (χ4v) is 3.51. The molecule has 1 aliphatic rings. The van der Waals surface area contributed by atoms with Crippen molar-refractivity contribution in [2.24, 2.45) is 0 Å². The van der Waals surface area contributed by atoms with E-state index in [1.807, 2.05) is 60.7 Å². The van der Waals surface area contributed by atoms with Crippen molar-refractivity contribution in [2.75, 3.05) is 33.2 Å². The molecule has 0 bridgehead atoms. The molecule has 0 unspecified atom stereocenters. The minimum absolute atomic E-state index is 0.0148. The van der Waals surface area contributed by atoms with E-state index in [-0.39, 0.29) is 6.04 Å². The first-order valence-electron chi connectivity index (χ1n) is 8.38. The summed E-state index contributed by atoms with van der Waals surface area (Å²) in [4.78, 5) is 4.74. The van der Waals surface area contributed by atoms with Crippen LogP contribution in [0.4, 0.5) is 0 Å². The van der Waals surface area contributed by atoms with Gasteiger partial charge in [0.1, 0.15) is 5.60 Å². The average molecular weight is 310 g/mol. The van der Waals surface area contributed by atoms with Crippen molar-refractivity contribution in [1.29, 1.82) is 0 Å². The molecular weight excluding hydrogens is 284 g/mol. The molecule has 3 heteroatoms. The van der Waals surface area contributed by atoms with Gasteiger partial charge in [-0.1, -0.05) is 60.7 Å². The molecule has 1 atom stereocenters. The summed E-state index contributed by atoms with van der Waals surface area (Å²) >= 11 is 0. The minimum Gasteiger partial charge on any atom is -0.379 e. The van der Waals surface area contributed by atoms with Crippen LogP contribution >= 0.6 is 0 Å². The van der Waals surface area contributed by atoms with E-state index in [2.05, 4.69) is 23.8 Å². The largest absolute Gasteiger partial charge is 0.379 e. The number of benzene rings is 2. The Morgan fingerprint density at radius 1 is 0.826 bits per heavy atom. The van der Waals surface area contributed by atoms with Gasteiger partial charge in [-0.3, -0.25) is 4.90 Å². The van der Waals surface area contributed by atoms with Crippen LogP contribution in [-0.2, 0) is 5.60 Å². The molecule has 0 amide bonds. The third-order valence-corrected chi connectivity index (χ3v) is 5.12. The lowest BCUT2D eigenvalue weighted by molar-refractivity contribution is -0.0272. The van der Waals surface area contributed by atoms with E-state index in [0.29, 0.717) is 0 Å². The zero-order valence-corrected chi connectivity index (χ0v) is 14.0. The topological polar surface area (TPSA) is 26.7 Å². The summed E-state index contributed by atoms with van der Waals surface area (Å²) in [5, 5.41) is 11.8. The first-order chi connectivity index (χ1) is 11.1. The minimum atomic E-state index is -1.00. The highest BCUT2D eigenvalue weighted by Crippen LogP contribution is 2.35. The molecule has 3 rings (SSSR count). The van der Waals surface area contributed by atoms with Crippen molar-refractivity contribution < 1.29 is 5.11 Å². The van der Waals surface area contributed by atoms with Crippen molar-refractivity contribution in [3.63, 3.8) is 0 Å². The van der Waals surface area contributed by atoms with E-state index >= 15 is 0 Å². The summed E-state index contributed by atoms with van der Waals surface area (Å²) < 4.78 is 0. The van der Waals surface area contributed by atoms with Crippen LogP contribution in [0.25, 0.3) is 0 Å². The van der Waals surface area contributed by atoms with Crippen molar-refractivity contribution in [3.8, 4) is 0 Å². The van der Waals surface area contributed by atoms with Crippen LogP contribution in [0.15, 0.2) is 60.7 Å². The zero-order valence-electron chi connectivity index (χ0n) is 14.0. The van der Waals surface area contributed by atoms with Gasteiger partial charge in [0.05, 0.1) is 0 Å². The van der Waals surface area contributed by atoms with Crippen molar-refractivity contribution in [1.82, 2.24) is 9.80 Å². The second-order valence-corrected chi connectivity index (χ2v) is 6.51. The highest BCUT2D eigenvalue weighted by atomic mass is 16.3. The number of likely N-dealkylation sites (N-methyl/N-ethyl adjacent to an activating group) is 1. The second-order valence-electron chi connectivity index (χ2n) is 6.51. The maximum absolute atomic E-state index is 11.8. The maximum Gasteiger partial charge on any atom is 0.130 e. The molecule has 122 valence electrons. The Hall–Kier alpha value is -1.68.